The van der Waals surface area contributed by atoms with Crippen LogP contribution >= 0.6 is 0 Å². The molecule has 5 heteroatoms. The molecular weight excluding hydrogens is 285 g/mol. The Kier molecular flexibility index (Phi) is 4.51. The minimum atomic E-state index is -0.372. The molecule has 1 aliphatic rings. The van der Waals surface area contributed by atoms with Gasteiger partial charge in [-0.3, -0.25) is 4.79 Å². The summed E-state index contributed by atoms with van der Waals surface area (Å²) in [4.78, 5) is 11.8. The summed E-state index contributed by atoms with van der Waals surface area (Å²) in [5.41, 5.74) is 0.830. The topological polar surface area (TPSA) is 52.3 Å². The first-order valence-electron chi connectivity index (χ1n) is 7.58. The van der Waals surface area contributed by atoms with Crippen molar-refractivity contribution in [2.75, 3.05) is 0 Å². The highest BCUT2D eigenvalue weighted by Gasteiger charge is 2.19. The van der Waals surface area contributed by atoms with E-state index in [1.807, 2.05) is 0 Å². The van der Waals surface area contributed by atoms with Gasteiger partial charge in [-0.2, -0.15) is 0 Å². The van der Waals surface area contributed by atoms with Crippen molar-refractivity contribution in [2.24, 2.45) is 5.92 Å². The van der Waals surface area contributed by atoms with Gasteiger partial charge in [-0.1, -0.05) is 30.1 Å². The van der Waals surface area contributed by atoms with E-state index in [0.29, 0.717) is 29.4 Å². The van der Waals surface area contributed by atoms with Gasteiger partial charge < -0.3 is 9.26 Å². The van der Waals surface area contributed by atoms with Crippen LogP contribution in [0.2, 0.25) is 0 Å². The van der Waals surface area contributed by atoms with Gasteiger partial charge in [0.2, 0.25) is 0 Å². The number of esters is 1. The number of nitrogens with zero attached hydrogens (tertiary/aromatic N) is 1. The van der Waals surface area contributed by atoms with Gasteiger partial charge in [0.05, 0.1) is 5.56 Å². The number of ether oxygens (including phenoxy) is 1. The zero-order valence-corrected chi connectivity index (χ0v) is 12.3. The average molecular weight is 303 g/mol. The SMILES string of the molecule is O=C(CC1CCCC1)OCc1cc(-c2ccccc2F)on1. The van der Waals surface area contributed by atoms with E-state index in [4.69, 9.17) is 9.26 Å². The molecule has 116 valence electrons. The lowest BCUT2D eigenvalue weighted by Crippen LogP contribution is -2.09. The molecule has 2 aromatic rings. The van der Waals surface area contributed by atoms with Crippen molar-refractivity contribution < 1.29 is 18.4 Å². The van der Waals surface area contributed by atoms with E-state index in [9.17, 15) is 9.18 Å². The molecular formula is C17H18FNO3. The summed E-state index contributed by atoms with van der Waals surface area (Å²) in [6.07, 6.45) is 5.09. The molecule has 0 spiro atoms. The number of aromatic nitrogens is 1. The fourth-order valence-electron chi connectivity index (χ4n) is 2.83. The van der Waals surface area contributed by atoms with Crippen LogP contribution in [-0.4, -0.2) is 11.1 Å². The van der Waals surface area contributed by atoms with Gasteiger partial charge in [0.15, 0.2) is 5.76 Å². The van der Waals surface area contributed by atoms with Gasteiger partial charge in [-0.25, -0.2) is 4.39 Å². The minimum absolute atomic E-state index is 0.0590. The summed E-state index contributed by atoms with van der Waals surface area (Å²) in [6.45, 7) is 0.0590. The first-order valence-corrected chi connectivity index (χ1v) is 7.58. The highest BCUT2D eigenvalue weighted by atomic mass is 19.1. The normalized spacial score (nSPS) is 15.1. The third-order valence-electron chi connectivity index (χ3n) is 4.01. The third-order valence-corrected chi connectivity index (χ3v) is 4.01. The molecule has 1 aliphatic carbocycles. The molecule has 1 saturated carbocycles. The third kappa shape index (κ3) is 3.53. The van der Waals surface area contributed by atoms with Crippen molar-refractivity contribution in [3.63, 3.8) is 0 Å². The summed E-state index contributed by atoms with van der Waals surface area (Å²) in [5.74, 6) is 0.212. The molecule has 0 saturated heterocycles. The Morgan fingerprint density at radius 3 is 2.86 bits per heavy atom. The molecule has 1 aromatic heterocycles. The van der Waals surface area contributed by atoms with Crippen molar-refractivity contribution >= 4 is 5.97 Å². The Balaban J connectivity index is 1.55. The van der Waals surface area contributed by atoms with Crippen LogP contribution in [0.25, 0.3) is 11.3 Å². The van der Waals surface area contributed by atoms with Crippen molar-refractivity contribution in [2.45, 2.75) is 38.7 Å². The highest BCUT2D eigenvalue weighted by Crippen LogP contribution is 2.28. The number of hydrogen-bond acceptors (Lipinski definition) is 4. The molecule has 0 amide bonds. The minimum Gasteiger partial charge on any atom is -0.459 e. The Morgan fingerprint density at radius 1 is 1.32 bits per heavy atom. The Bertz CT molecular complexity index is 647. The molecule has 0 atom stereocenters. The van der Waals surface area contributed by atoms with Crippen LogP contribution in [0.4, 0.5) is 4.39 Å². The fourth-order valence-corrected chi connectivity index (χ4v) is 2.83. The van der Waals surface area contributed by atoms with Gasteiger partial charge >= 0.3 is 5.97 Å². The second-order valence-corrected chi connectivity index (χ2v) is 5.68. The smallest absolute Gasteiger partial charge is 0.306 e. The zero-order valence-electron chi connectivity index (χ0n) is 12.3. The quantitative estimate of drug-likeness (QED) is 0.780. The number of hydrogen-bond donors (Lipinski definition) is 0. The van der Waals surface area contributed by atoms with Crippen molar-refractivity contribution in [1.82, 2.24) is 5.16 Å². The molecule has 3 rings (SSSR count). The molecule has 0 radical (unpaired) electrons. The van der Waals surface area contributed by atoms with Gasteiger partial charge in [-0.05, 0) is 30.9 Å². The Labute approximate surface area is 128 Å². The second kappa shape index (κ2) is 6.73. The number of carbonyl (C=O) groups is 1. The summed E-state index contributed by atoms with van der Waals surface area (Å²) in [6, 6.07) is 7.91. The molecule has 4 nitrogen and oxygen atoms in total. The lowest BCUT2D eigenvalue weighted by atomic mass is 10.0. The molecule has 0 bridgehead atoms. The number of benzene rings is 1. The van der Waals surface area contributed by atoms with Crippen LogP contribution in [0.15, 0.2) is 34.9 Å². The number of carbonyl (C=O) groups excluding carboxylic acids is 1. The Morgan fingerprint density at radius 2 is 2.09 bits per heavy atom. The van der Waals surface area contributed by atoms with Crippen LogP contribution in [0, 0.1) is 11.7 Å². The summed E-state index contributed by atoms with van der Waals surface area (Å²) in [7, 11) is 0. The van der Waals surface area contributed by atoms with E-state index in [1.165, 1.54) is 18.9 Å². The molecule has 1 heterocycles. The zero-order chi connectivity index (χ0) is 15.4. The first kappa shape index (κ1) is 14.8. The van der Waals surface area contributed by atoms with Crippen LogP contribution in [0.5, 0.6) is 0 Å². The van der Waals surface area contributed by atoms with E-state index in [1.54, 1.807) is 24.3 Å². The van der Waals surface area contributed by atoms with E-state index in [-0.39, 0.29) is 18.4 Å². The lowest BCUT2D eigenvalue weighted by Gasteiger charge is -2.07. The standard InChI is InChI=1S/C17H18FNO3/c18-15-8-4-3-7-14(15)16-10-13(19-22-16)11-21-17(20)9-12-5-1-2-6-12/h3-4,7-8,10,12H,1-2,5-6,9,11H2. The monoisotopic (exact) mass is 303 g/mol. The van der Waals surface area contributed by atoms with Crippen LogP contribution < -0.4 is 0 Å². The molecule has 1 fully saturated rings. The van der Waals surface area contributed by atoms with E-state index in [0.717, 1.165) is 12.8 Å². The average Bonchev–Trinajstić information content (AvgIpc) is 3.17. The van der Waals surface area contributed by atoms with Crippen LogP contribution in [0.3, 0.4) is 0 Å². The van der Waals surface area contributed by atoms with Gasteiger partial charge in [0.25, 0.3) is 0 Å². The lowest BCUT2D eigenvalue weighted by molar-refractivity contribution is -0.146. The molecule has 0 unspecified atom stereocenters. The van der Waals surface area contributed by atoms with Crippen molar-refractivity contribution in [1.29, 1.82) is 0 Å². The van der Waals surface area contributed by atoms with Crippen molar-refractivity contribution in [3.05, 3.63) is 41.8 Å². The Hall–Kier alpha value is -2.17. The summed E-state index contributed by atoms with van der Waals surface area (Å²) >= 11 is 0. The summed E-state index contributed by atoms with van der Waals surface area (Å²) in [5, 5.41) is 3.82. The van der Waals surface area contributed by atoms with E-state index in [2.05, 4.69) is 5.16 Å². The maximum absolute atomic E-state index is 13.7. The molecule has 0 aliphatic heterocycles. The highest BCUT2D eigenvalue weighted by molar-refractivity contribution is 5.69. The largest absolute Gasteiger partial charge is 0.459 e. The second-order valence-electron chi connectivity index (χ2n) is 5.68. The summed E-state index contributed by atoms with van der Waals surface area (Å²) < 4.78 is 24.0. The fraction of sp³-hybridized carbons (Fsp3) is 0.412. The molecule has 0 N–H and O–H groups in total. The first-order chi connectivity index (χ1) is 10.7. The predicted molar refractivity (Wildman–Crippen MR) is 78.3 cm³/mol. The van der Waals surface area contributed by atoms with Gasteiger partial charge in [0.1, 0.15) is 18.1 Å². The number of rotatable bonds is 5. The van der Waals surface area contributed by atoms with Crippen LogP contribution in [-0.2, 0) is 16.1 Å². The molecule has 1 aromatic carbocycles. The van der Waals surface area contributed by atoms with Gasteiger partial charge in [0, 0.05) is 12.5 Å². The maximum atomic E-state index is 13.7. The van der Waals surface area contributed by atoms with Gasteiger partial charge in [-0.15, -0.1) is 0 Å². The predicted octanol–water partition coefficient (Wildman–Crippen LogP) is 4.10. The van der Waals surface area contributed by atoms with E-state index >= 15 is 0 Å². The van der Waals surface area contributed by atoms with E-state index < -0.39 is 0 Å². The number of halogens is 1. The van der Waals surface area contributed by atoms with Crippen molar-refractivity contribution in [3.8, 4) is 11.3 Å². The maximum Gasteiger partial charge on any atom is 0.306 e. The van der Waals surface area contributed by atoms with Crippen LogP contribution in [0.1, 0.15) is 37.8 Å². The molecule has 22 heavy (non-hydrogen) atoms.